The van der Waals surface area contributed by atoms with Gasteiger partial charge >= 0.3 is 0 Å². The van der Waals surface area contributed by atoms with Crippen molar-refractivity contribution >= 4 is 28.5 Å². The summed E-state index contributed by atoms with van der Waals surface area (Å²) in [6.45, 7) is 1.99. The quantitative estimate of drug-likeness (QED) is 0.838. The third-order valence-electron chi connectivity index (χ3n) is 2.75. The average molecular weight is 351 g/mol. The molecular weight excluding hydrogens is 337 g/mol. The first-order chi connectivity index (χ1) is 8.66. The summed E-state index contributed by atoms with van der Waals surface area (Å²) in [5.74, 6) is -0.0391. The van der Waals surface area contributed by atoms with E-state index in [1.54, 1.807) is 0 Å². The molecule has 0 spiro atoms. The van der Waals surface area contributed by atoms with E-state index in [9.17, 15) is 4.79 Å². The summed E-state index contributed by atoms with van der Waals surface area (Å²) in [4.78, 5) is 12.0. The maximum absolute atomic E-state index is 12.0. The molecule has 18 heavy (non-hydrogen) atoms. The number of carbonyl (C=O) groups is 1. The summed E-state index contributed by atoms with van der Waals surface area (Å²) in [5.41, 5.74) is 1.80. The molecule has 2 aromatic rings. The molecule has 0 aliphatic rings. The lowest BCUT2D eigenvalue weighted by molar-refractivity contribution is 0.0940. The zero-order chi connectivity index (χ0) is 13.0. The van der Waals surface area contributed by atoms with Crippen LogP contribution in [0.5, 0.6) is 0 Å². The van der Waals surface area contributed by atoms with Crippen molar-refractivity contribution in [3.05, 3.63) is 69.3 Å². The molecule has 0 unspecified atom stereocenters. The van der Waals surface area contributed by atoms with Crippen LogP contribution in [-0.4, -0.2) is 5.91 Å². The molecule has 0 aliphatic heterocycles. The van der Waals surface area contributed by atoms with Crippen molar-refractivity contribution in [2.24, 2.45) is 0 Å². The van der Waals surface area contributed by atoms with E-state index in [1.165, 1.54) is 0 Å². The van der Waals surface area contributed by atoms with Gasteiger partial charge in [-0.25, -0.2) is 0 Å². The van der Waals surface area contributed by atoms with E-state index < -0.39 is 0 Å². The largest absolute Gasteiger partial charge is 0.346 e. The number of amides is 1. The second-order valence-electron chi connectivity index (χ2n) is 4.11. The highest BCUT2D eigenvalue weighted by Crippen LogP contribution is 2.13. The lowest BCUT2D eigenvalue weighted by Crippen LogP contribution is -2.26. The van der Waals surface area contributed by atoms with Crippen LogP contribution in [0.3, 0.4) is 0 Å². The molecule has 2 nitrogen and oxygen atoms in total. The lowest BCUT2D eigenvalue weighted by atomic mass is 10.1. The number of nitrogens with one attached hydrogen (secondary N) is 1. The topological polar surface area (TPSA) is 29.1 Å². The molecule has 3 heteroatoms. The zero-order valence-corrected chi connectivity index (χ0v) is 12.2. The summed E-state index contributed by atoms with van der Waals surface area (Å²) in [7, 11) is 0. The first-order valence-electron chi connectivity index (χ1n) is 5.78. The van der Waals surface area contributed by atoms with E-state index in [0.717, 1.165) is 9.13 Å². The summed E-state index contributed by atoms with van der Waals surface area (Å²) < 4.78 is 1.13. The minimum atomic E-state index is -0.0391. The Bertz CT molecular complexity index is 522. The van der Waals surface area contributed by atoms with Crippen molar-refractivity contribution in [2.45, 2.75) is 13.0 Å². The summed E-state index contributed by atoms with van der Waals surface area (Å²) in [6.07, 6.45) is 0. The van der Waals surface area contributed by atoms with Gasteiger partial charge in [-0.1, -0.05) is 30.3 Å². The Morgan fingerprint density at radius 2 is 1.67 bits per heavy atom. The van der Waals surface area contributed by atoms with Crippen molar-refractivity contribution in [1.82, 2.24) is 5.32 Å². The highest BCUT2D eigenvalue weighted by Gasteiger charge is 2.10. The van der Waals surface area contributed by atoms with Gasteiger partial charge in [-0.05, 0) is 59.3 Å². The SMILES string of the molecule is C[C@H](NC(=O)c1ccc(I)cc1)c1ccccc1. The lowest BCUT2D eigenvalue weighted by Gasteiger charge is -2.14. The molecule has 0 saturated heterocycles. The Balaban J connectivity index is 2.06. The van der Waals surface area contributed by atoms with Gasteiger partial charge in [0.1, 0.15) is 0 Å². The van der Waals surface area contributed by atoms with Crippen molar-refractivity contribution in [3.63, 3.8) is 0 Å². The Morgan fingerprint density at radius 1 is 1.06 bits per heavy atom. The molecule has 0 bridgehead atoms. The van der Waals surface area contributed by atoms with Gasteiger partial charge in [0.05, 0.1) is 6.04 Å². The molecule has 0 radical (unpaired) electrons. The van der Waals surface area contributed by atoms with E-state index in [2.05, 4.69) is 27.9 Å². The number of rotatable bonds is 3. The smallest absolute Gasteiger partial charge is 0.251 e. The molecule has 0 saturated carbocycles. The minimum absolute atomic E-state index is 0.0120. The van der Waals surface area contributed by atoms with Crippen molar-refractivity contribution in [2.75, 3.05) is 0 Å². The molecule has 92 valence electrons. The second-order valence-corrected chi connectivity index (χ2v) is 5.36. The fourth-order valence-corrected chi connectivity index (χ4v) is 2.07. The van der Waals surface area contributed by atoms with E-state index in [0.29, 0.717) is 5.56 Å². The fraction of sp³-hybridized carbons (Fsp3) is 0.133. The van der Waals surface area contributed by atoms with Crippen molar-refractivity contribution < 1.29 is 4.79 Å². The highest BCUT2D eigenvalue weighted by atomic mass is 127. The molecule has 1 atom stereocenters. The molecule has 0 aromatic heterocycles. The molecule has 1 amide bonds. The minimum Gasteiger partial charge on any atom is -0.346 e. The maximum atomic E-state index is 12.0. The van der Waals surface area contributed by atoms with Gasteiger partial charge in [-0.15, -0.1) is 0 Å². The van der Waals surface area contributed by atoms with Crippen LogP contribution in [0.2, 0.25) is 0 Å². The van der Waals surface area contributed by atoms with Crippen LogP contribution in [-0.2, 0) is 0 Å². The van der Waals surface area contributed by atoms with E-state index >= 15 is 0 Å². The first kappa shape index (κ1) is 13.1. The molecule has 0 heterocycles. The number of halogens is 1. The van der Waals surface area contributed by atoms with Gasteiger partial charge < -0.3 is 5.32 Å². The Labute approximate surface area is 121 Å². The predicted molar refractivity (Wildman–Crippen MR) is 81.5 cm³/mol. The number of carbonyl (C=O) groups excluding carboxylic acids is 1. The Kier molecular flexibility index (Phi) is 4.36. The van der Waals surface area contributed by atoms with E-state index in [-0.39, 0.29) is 11.9 Å². The van der Waals surface area contributed by atoms with Gasteiger partial charge in [-0.2, -0.15) is 0 Å². The highest BCUT2D eigenvalue weighted by molar-refractivity contribution is 14.1. The summed E-state index contributed by atoms with van der Waals surface area (Å²) >= 11 is 2.22. The monoisotopic (exact) mass is 351 g/mol. The van der Waals surface area contributed by atoms with Crippen LogP contribution in [0.1, 0.15) is 28.9 Å². The summed E-state index contributed by atoms with van der Waals surface area (Å²) in [6, 6.07) is 17.5. The third-order valence-corrected chi connectivity index (χ3v) is 3.47. The molecule has 2 rings (SSSR count). The normalized spacial score (nSPS) is 11.9. The van der Waals surface area contributed by atoms with Crippen molar-refractivity contribution in [1.29, 1.82) is 0 Å². The summed E-state index contributed by atoms with van der Waals surface area (Å²) in [5, 5.41) is 2.99. The third kappa shape index (κ3) is 3.32. The number of hydrogen-bond donors (Lipinski definition) is 1. The first-order valence-corrected chi connectivity index (χ1v) is 6.86. The molecular formula is C15H14INO. The van der Waals surface area contributed by atoms with Gasteiger partial charge in [0.25, 0.3) is 5.91 Å². The Morgan fingerprint density at radius 3 is 2.28 bits per heavy atom. The zero-order valence-electron chi connectivity index (χ0n) is 10.1. The number of hydrogen-bond acceptors (Lipinski definition) is 1. The van der Waals surface area contributed by atoms with Crippen LogP contribution in [0, 0.1) is 3.57 Å². The van der Waals surface area contributed by atoms with Crippen LogP contribution < -0.4 is 5.32 Å². The maximum Gasteiger partial charge on any atom is 0.251 e. The molecule has 1 N–H and O–H groups in total. The van der Waals surface area contributed by atoms with Gasteiger partial charge in [-0.3, -0.25) is 4.79 Å². The van der Waals surface area contributed by atoms with Gasteiger partial charge in [0.15, 0.2) is 0 Å². The van der Waals surface area contributed by atoms with Crippen LogP contribution in [0.4, 0.5) is 0 Å². The van der Waals surface area contributed by atoms with Gasteiger partial charge in [0.2, 0.25) is 0 Å². The molecule has 0 aliphatic carbocycles. The fourth-order valence-electron chi connectivity index (χ4n) is 1.71. The van der Waals surface area contributed by atoms with Crippen LogP contribution in [0.15, 0.2) is 54.6 Å². The predicted octanol–water partition coefficient (Wildman–Crippen LogP) is 3.78. The standard InChI is InChI=1S/C15H14INO/c1-11(12-5-3-2-4-6-12)17-15(18)13-7-9-14(16)10-8-13/h2-11H,1H3,(H,17,18)/t11-/m0/s1. The number of benzene rings is 2. The van der Waals surface area contributed by atoms with Crippen molar-refractivity contribution in [3.8, 4) is 0 Å². The van der Waals surface area contributed by atoms with Gasteiger partial charge in [0, 0.05) is 9.13 Å². The second kappa shape index (κ2) is 6.00. The van der Waals surface area contributed by atoms with E-state index in [1.807, 2.05) is 61.5 Å². The average Bonchev–Trinajstić information content (AvgIpc) is 2.40. The molecule has 0 fully saturated rings. The molecule has 2 aromatic carbocycles. The Hall–Kier alpha value is -1.36. The van der Waals surface area contributed by atoms with E-state index in [4.69, 9.17) is 0 Å². The van der Waals surface area contributed by atoms with Crippen LogP contribution >= 0.6 is 22.6 Å². The van der Waals surface area contributed by atoms with Crippen LogP contribution in [0.25, 0.3) is 0 Å².